The summed E-state index contributed by atoms with van der Waals surface area (Å²) in [5, 5.41) is 8.58. The molecule has 0 aliphatic carbocycles. The van der Waals surface area contributed by atoms with Crippen molar-refractivity contribution in [2.45, 2.75) is 38.7 Å². The molecule has 0 aromatic heterocycles. The zero-order valence-electron chi connectivity index (χ0n) is 9.65. The van der Waals surface area contributed by atoms with Crippen LogP contribution in [0, 0.1) is 0 Å². The minimum absolute atomic E-state index is 0.00764. The third kappa shape index (κ3) is 3.81. The van der Waals surface area contributed by atoms with Gasteiger partial charge >= 0.3 is 5.97 Å². The van der Waals surface area contributed by atoms with Crippen LogP contribution in [0.5, 0.6) is 0 Å². The summed E-state index contributed by atoms with van der Waals surface area (Å²) in [6.07, 6.45) is 2.40. The molecule has 5 heteroatoms. The van der Waals surface area contributed by atoms with Crippen molar-refractivity contribution in [1.82, 2.24) is 4.90 Å². The van der Waals surface area contributed by atoms with Crippen LogP contribution in [0.1, 0.15) is 32.6 Å². The van der Waals surface area contributed by atoms with E-state index in [0.717, 1.165) is 19.3 Å². The first kappa shape index (κ1) is 13.0. The smallest absolute Gasteiger partial charge is 0.305 e. The Morgan fingerprint density at radius 3 is 2.69 bits per heavy atom. The Labute approximate surface area is 95.4 Å². The van der Waals surface area contributed by atoms with Crippen LogP contribution in [0.25, 0.3) is 0 Å². The van der Waals surface area contributed by atoms with Gasteiger partial charge in [-0.1, -0.05) is 0 Å². The average molecular weight is 229 g/mol. The van der Waals surface area contributed by atoms with Gasteiger partial charge in [0.1, 0.15) is 6.10 Å². The zero-order chi connectivity index (χ0) is 12.0. The Bertz CT molecular complexity index is 248. The Hall–Kier alpha value is -1.10. The number of aliphatic carboxylic acids is 1. The molecule has 1 heterocycles. The topological polar surface area (TPSA) is 66.8 Å². The standard InChI is InChI=1S/C11H19NO4/c1-2-12(7-6-10(13)14)11(15)9-5-3-4-8-16-9/h9H,2-8H2,1H3,(H,13,14). The summed E-state index contributed by atoms with van der Waals surface area (Å²) in [4.78, 5) is 24.0. The number of hydrogen-bond donors (Lipinski definition) is 1. The molecule has 0 bridgehead atoms. The maximum Gasteiger partial charge on any atom is 0.305 e. The summed E-state index contributed by atoms with van der Waals surface area (Å²) in [7, 11) is 0. The van der Waals surface area contributed by atoms with Crippen molar-refractivity contribution in [3.8, 4) is 0 Å². The van der Waals surface area contributed by atoms with Gasteiger partial charge in [-0.25, -0.2) is 0 Å². The number of rotatable bonds is 5. The number of carboxylic acid groups (broad SMARTS) is 1. The molecule has 1 N–H and O–H groups in total. The second kappa shape index (κ2) is 6.48. The van der Waals surface area contributed by atoms with E-state index in [1.165, 1.54) is 0 Å². The number of carboxylic acids is 1. The molecule has 0 spiro atoms. The van der Waals surface area contributed by atoms with Gasteiger partial charge in [-0.3, -0.25) is 9.59 Å². The highest BCUT2D eigenvalue weighted by Crippen LogP contribution is 2.15. The molecule has 0 aromatic rings. The molecular weight excluding hydrogens is 210 g/mol. The van der Waals surface area contributed by atoms with Gasteiger partial charge in [-0.15, -0.1) is 0 Å². The number of amides is 1. The van der Waals surface area contributed by atoms with E-state index < -0.39 is 5.97 Å². The van der Waals surface area contributed by atoms with Crippen LogP contribution in [-0.4, -0.2) is 47.7 Å². The second-order valence-electron chi connectivity index (χ2n) is 3.92. The van der Waals surface area contributed by atoms with E-state index in [0.29, 0.717) is 13.2 Å². The Kier molecular flexibility index (Phi) is 5.25. The van der Waals surface area contributed by atoms with Crippen molar-refractivity contribution in [1.29, 1.82) is 0 Å². The molecule has 1 atom stereocenters. The van der Waals surface area contributed by atoms with Crippen LogP contribution in [-0.2, 0) is 14.3 Å². The third-order valence-electron chi connectivity index (χ3n) is 2.74. The summed E-state index contributed by atoms with van der Waals surface area (Å²) in [6.45, 7) is 3.28. The van der Waals surface area contributed by atoms with Crippen molar-refractivity contribution in [2.24, 2.45) is 0 Å². The van der Waals surface area contributed by atoms with E-state index in [9.17, 15) is 9.59 Å². The molecule has 16 heavy (non-hydrogen) atoms. The molecule has 1 saturated heterocycles. The highest BCUT2D eigenvalue weighted by Gasteiger charge is 2.26. The Morgan fingerprint density at radius 2 is 2.19 bits per heavy atom. The van der Waals surface area contributed by atoms with Crippen molar-refractivity contribution in [3.05, 3.63) is 0 Å². The summed E-state index contributed by atoms with van der Waals surface area (Å²) in [5.74, 6) is -0.945. The van der Waals surface area contributed by atoms with Gasteiger partial charge in [-0.2, -0.15) is 0 Å². The minimum Gasteiger partial charge on any atom is -0.481 e. The monoisotopic (exact) mass is 229 g/mol. The second-order valence-corrected chi connectivity index (χ2v) is 3.92. The van der Waals surface area contributed by atoms with E-state index in [-0.39, 0.29) is 25.0 Å². The van der Waals surface area contributed by atoms with Gasteiger partial charge in [0, 0.05) is 19.7 Å². The van der Waals surface area contributed by atoms with E-state index >= 15 is 0 Å². The fraction of sp³-hybridized carbons (Fsp3) is 0.818. The van der Waals surface area contributed by atoms with Crippen LogP contribution in [0.15, 0.2) is 0 Å². The number of hydrogen-bond acceptors (Lipinski definition) is 3. The van der Waals surface area contributed by atoms with Crippen LogP contribution < -0.4 is 0 Å². The van der Waals surface area contributed by atoms with Crippen molar-refractivity contribution >= 4 is 11.9 Å². The fourth-order valence-electron chi connectivity index (χ4n) is 1.79. The SMILES string of the molecule is CCN(CCC(=O)O)C(=O)C1CCCCO1. The number of carbonyl (C=O) groups excluding carboxylic acids is 1. The van der Waals surface area contributed by atoms with Crippen LogP contribution in [0.2, 0.25) is 0 Å². The molecule has 92 valence electrons. The maximum atomic E-state index is 11.9. The first-order chi connectivity index (χ1) is 7.65. The van der Waals surface area contributed by atoms with E-state index in [1.54, 1.807) is 4.90 Å². The molecule has 0 aromatic carbocycles. The molecular formula is C11H19NO4. The van der Waals surface area contributed by atoms with Gasteiger partial charge in [0.2, 0.25) is 0 Å². The fourth-order valence-corrected chi connectivity index (χ4v) is 1.79. The number of carbonyl (C=O) groups is 2. The average Bonchev–Trinajstić information content (AvgIpc) is 2.30. The number of ether oxygens (including phenoxy) is 1. The van der Waals surface area contributed by atoms with Crippen LogP contribution >= 0.6 is 0 Å². The van der Waals surface area contributed by atoms with Crippen molar-refractivity contribution in [3.63, 3.8) is 0 Å². The van der Waals surface area contributed by atoms with E-state index in [4.69, 9.17) is 9.84 Å². The van der Waals surface area contributed by atoms with Crippen LogP contribution in [0.3, 0.4) is 0 Å². The van der Waals surface area contributed by atoms with Crippen molar-refractivity contribution < 1.29 is 19.4 Å². The number of nitrogens with zero attached hydrogens (tertiary/aromatic N) is 1. The molecule has 1 aliphatic rings. The summed E-state index contributed by atoms with van der Waals surface area (Å²) in [5.41, 5.74) is 0. The normalized spacial score (nSPS) is 20.4. The van der Waals surface area contributed by atoms with E-state index in [2.05, 4.69) is 0 Å². The zero-order valence-corrected chi connectivity index (χ0v) is 9.65. The molecule has 5 nitrogen and oxygen atoms in total. The van der Waals surface area contributed by atoms with Gasteiger partial charge in [0.05, 0.1) is 6.42 Å². The predicted octanol–water partition coefficient (Wildman–Crippen LogP) is 0.879. The van der Waals surface area contributed by atoms with Gasteiger partial charge in [0.15, 0.2) is 0 Å². The lowest BCUT2D eigenvalue weighted by Crippen LogP contribution is -2.42. The largest absolute Gasteiger partial charge is 0.481 e. The summed E-state index contributed by atoms with van der Waals surface area (Å²) in [6, 6.07) is 0. The van der Waals surface area contributed by atoms with Crippen molar-refractivity contribution in [2.75, 3.05) is 19.7 Å². The lowest BCUT2D eigenvalue weighted by molar-refractivity contribution is -0.147. The molecule has 1 amide bonds. The Balaban J connectivity index is 2.44. The lowest BCUT2D eigenvalue weighted by atomic mass is 10.1. The molecule has 1 unspecified atom stereocenters. The molecule has 1 fully saturated rings. The van der Waals surface area contributed by atoms with Gasteiger partial charge in [-0.05, 0) is 26.2 Å². The molecule has 0 saturated carbocycles. The molecule has 1 aliphatic heterocycles. The highest BCUT2D eigenvalue weighted by atomic mass is 16.5. The molecule has 1 rings (SSSR count). The van der Waals surface area contributed by atoms with Gasteiger partial charge < -0.3 is 14.7 Å². The quantitative estimate of drug-likeness (QED) is 0.760. The third-order valence-corrected chi connectivity index (χ3v) is 2.74. The van der Waals surface area contributed by atoms with Gasteiger partial charge in [0.25, 0.3) is 5.91 Å². The first-order valence-electron chi connectivity index (χ1n) is 5.77. The number of likely N-dealkylation sites (N-methyl/N-ethyl adjacent to an activating group) is 1. The minimum atomic E-state index is -0.879. The summed E-state index contributed by atoms with van der Waals surface area (Å²) >= 11 is 0. The summed E-state index contributed by atoms with van der Waals surface area (Å²) < 4.78 is 5.39. The lowest BCUT2D eigenvalue weighted by Gasteiger charge is -2.28. The van der Waals surface area contributed by atoms with Crippen LogP contribution in [0.4, 0.5) is 0 Å². The first-order valence-corrected chi connectivity index (χ1v) is 5.77. The molecule has 0 radical (unpaired) electrons. The highest BCUT2D eigenvalue weighted by molar-refractivity contribution is 5.81. The Morgan fingerprint density at radius 1 is 1.44 bits per heavy atom. The predicted molar refractivity (Wildman–Crippen MR) is 58.1 cm³/mol. The maximum absolute atomic E-state index is 11.9. The van der Waals surface area contributed by atoms with E-state index in [1.807, 2.05) is 6.92 Å².